The number of carbonyl (C=O) groups excluding carboxylic acids is 2. The van der Waals surface area contributed by atoms with Crippen LogP contribution in [0.1, 0.15) is 24.2 Å². The largest absolute Gasteiger partial charge is 0.365 e. The summed E-state index contributed by atoms with van der Waals surface area (Å²) >= 11 is 0. The van der Waals surface area contributed by atoms with E-state index in [1.54, 1.807) is 17.0 Å². The third kappa shape index (κ3) is 2.75. The topological polar surface area (TPSA) is 40.6 Å². The highest BCUT2D eigenvalue weighted by atomic mass is 19.1. The molecule has 0 radical (unpaired) electrons. The van der Waals surface area contributed by atoms with Crippen LogP contribution >= 0.6 is 0 Å². The van der Waals surface area contributed by atoms with Crippen LogP contribution in [-0.4, -0.2) is 42.8 Å². The Bertz CT molecular complexity index is 508. The maximum absolute atomic E-state index is 14.0. The molecule has 2 rings (SSSR count). The van der Waals surface area contributed by atoms with Gasteiger partial charge in [-0.05, 0) is 19.1 Å². The summed E-state index contributed by atoms with van der Waals surface area (Å²) in [5, 5.41) is 0. The number of amides is 1. The van der Waals surface area contributed by atoms with Crippen LogP contribution in [0.4, 0.5) is 10.1 Å². The van der Waals surface area contributed by atoms with Crippen LogP contribution in [-0.2, 0) is 4.79 Å². The van der Waals surface area contributed by atoms with Gasteiger partial charge in [-0.25, -0.2) is 4.39 Å². The third-order valence-corrected chi connectivity index (χ3v) is 3.41. The number of hydrogen-bond donors (Lipinski definition) is 0. The highest BCUT2D eigenvalue weighted by Gasteiger charge is 2.23. The fraction of sp³-hybridized carbons (Fsp3) is 0.429. The van der Waals surface area contributed by atoms with E-state index in [0.717, 1.165) is 0 Å². The molecule has 0 aliphatic carbocycles. The molecule has 1 heterocycles. The lowest BCUT2D eigenvalue weighted by Crippen LogP contribution is -2.48. The molecule has 0 aromatic heterocycles. The van der Waals surface area contributed by atoms with Gasteiger partial charge in [-0.2, -0.15) is 0 Å². The zero-order chi connectivity index (χ0) is 14.0. The molecule has 5 heteroatoms. The number of nitrogens with zero attached hydrogens (tertiary/aromatic N) is 2. The number of rotatable bonds is 2. The molecule has 0 bridgehead atoms. The molecule has 1 aliphatic rings. The summed E-state index contributed by atoms with van der Waals surface area (Å²) in [6, 6.07) is 4.54. The quantitative estimate of drug-likeness (QED) is 0.763. The maximum atomic E-state index is 14.0. The predicted octanol–water partition coefficient (Wildman–Crippen LogP) is 1.70. The molecule has 1 fully saturated rings. The second kappa shape index (κ2) is 5.38. The molecule has 1 amide bonds. The second-order valence-electron chi connectivity index (χ2n) is 4.69. The monoisotopic (exact) mass is 264 g/mol. The van der Waals surface area contributed by atoms with Gasteiger partial charge >= 0.3 is 0 Å². The van der Waals surface area contributed by atoms with Gasteiger partial charge in [0.15, 0.2) is 5.78 Å². The first kappa shape index (κ1) is 13.5. The number of ketones is 1. The first-order valence-corrected chi connectivity index (χ1v) is 6.30. The summed E-state index contributed by atoms with van der Waals surface area (Å²) in [7, 11) is 0. The standard InChI is InChI=1S/C14H17FN2O2/c1-10(18)12-4-3-5-13(15)14(12)17-8-6-16(7-9-17)11(2)19/h3-5H,6-9H2,1-2H3. The lowest BCUT2D eigenvalue weighted by Gasteiger charge is -2.36. The molecular weight excluding hydrogens is 247 g/mol. The molecule has 1 aromatic rings. The van der Waals surface area contributed by atoms with Crippen molar-refractivity contribution in [1.29, 1.82) is 0 Å². The van der Waals surface area contributed by atoms with E-state index in [9.17, 15) is 14.0 Å². The molecule has 1 aliphatic heterocycles. The number of Topliss-reactive ketones (excluding diaryl/α,β-unsaturated/α-hetero) is 1. The second-order valence-corrected chi connectivity index (χ2v) is 4.69. The van der Waals surface area contributed by atoms with Gasteiger partial charge < -0.3 is 9.80 Å². The summed E-state index contributed by atoms with van der Waals surface area (Å²) in [5.74, 6) is -0.507. The smallest absolute Gasteiger partial charge is 0.219 e. The first-order chi connectivity index (χ1) is 9.00. The minimum absolute atomic E-state index is 0.0278. The van der Waals surface area contributed by atoms with Crippen molar-refractivity contribution in [3.63, 3.8) is 0 Å². The van der Waals surface area contributed by atoms with Crippen molar-refractivity contribution in [2.24, 2.45) is 0 Å². The van der Waals surface area contributed by atoms with E-state index in [2.05, 4.69) is 0 Å². The minimum atomic E-state index is -0.385. The zero-order valence-electron chi connectivity index (χ0n) is 11.1. The van der Waals surface area contributed by atoms with Crippen molar-refractivity contribution in [2.75, 3.05) is 31.1 Å². The van der Waals surface area contributed by atoms with Gasteiger partial charge in [-0.3, -0.25) is 9.59 Å². The van der Waals surface area contributed by atoms with E-state index in [1.165, 1.54) is 19.9 Å². The van der Waals surface area contributed by atoms with Crippen LogP contribution in [0, 0.1) is 5.82 Å². The average Bonchev–Trinajstić information content (AvgIpc) is 2.38. The summed E-state index contributed by atoms with van der Waals surface area (Å²) in [6.07, 6.45) is 0. The Kier molecular flexibility index (Phi) is 3.83. The fourth-order valence-electron chi connectivity index (χ4n) is 2.37. The Balaban J connectivity index is 2.24. The number of carbonyl (C=O) groups is 2. The number of piperazine rings is 1. The highest BCUT2D eigenvalue weighted by molar-refractivity contribution is 5.99. The number of benzene rings is 1. The molecule has 1 saturated heterocycles. The van der Waals surface area contributed by atoms with Crippen molar-refractivity contribution < 1.29 is 14.0 Å². The van der Waals surface area contributed by atoms with Crippen LogP contribution in [0.15, 0.2) is 18.2 Å². The zero-order valence-corrected chi connectivity index (χ0v) is 11.1. The lowest BCUT2D eigenvalue weighted by atomic mass is 10.1. The number of hydrogen-bond acceptors (Lipinski definition) is 3. The van der Waals surface area contributed by atoms with E-state index < -0.39 is 0 Å². The van der Waals surface area contributed by atoms with Crippen molar-refractivity contribution in [3.05, 3.63) is 29.6 Å². The molecule has 0 unspecified atom stereocenters. The number of halogens is 1. The van der Waals surface area contributed by atoms with E-state index in [0.29, 0.717) is 37.4 Å². The molecule has 0 spiro atoms. The van der Waals surface area contributed by atoms with Gasteiger partial charge in [0, 0.05) is 38.7 Å². The molecule has 4 nitrogen and oxygen atoms in total. The molecular formula is C14H17FN2O2. The number of anilines is 1. The van der Waals surface area contributed by atoms with Gasteiger partial charge in [0.05, 0.1) is 5.69 Å². The summed E-state index contributed by atoms with van der Waals surface area (Å²) in [6.45, 7) is 5.16. The van der Waals surface area contributed by atoms with E-state index in [4.69, 9.17) is 0 Å². The predicted molar refractivity (Wildman–Crippen MR) is 70.9 cm³/mol. The Morgan fingerprint density at radius 2 is 1.74 bits per heavy atom. The molecule has 102 valence electrons. The van der Waals surface area contributed by atoms with E-state index >= 15 is 0 Å². The Labute approximate surface area is 111 Å². The van der Waals surface area contributed by atoms with Gasteiger partial charge in [-0.15, -0.1) is 0 Å². The summed E-state index contributed by atoms with van der Waals surface area (Å²) in [5.41, 5.74) is 0.759. The molecule has 19 heavy (non-hydrogen) atoms. The first-order valence-electron chi connectivity index (χ1n) is 6.30. The van der Waals surface area contributed by atoms with Crippen molar-refractivity contribution >= 4 is 17.4 Å². The minimum Gasteiger partial charge on any atom is -0.365 e. The van der Waals surface area contributed by atoms with E-state index in [-0.39, 0.29) is 17.5 Å². The molecule has 0 saturated carbocycles. The molecule has 0 N–H and O–H groups in total. The Hall–Kier alpha value is -1.91. The summed E-state index contributed by atoms with van der Waals surface area (Å²) < 4.78 is 14.0. The van der Waals surface area contributed by atoms with Crippen LogP contribution in [0.5, 0.6) is 0 Å². The van der Waals surface area contributed by atoms with E-state index in [1.807, 2.05) is 4.90 Å². The van der Waals surface area contributed by atoms with Crippen molar-refractivity contribution in [2.45, 2.75) is 13.8 Å². The Morgan fingerprint density at radius 1 is 1.11 bits per heavy atom. The SMILES string of the molecule is CC(=O)c1cccc(F)c1N1CCN(C(C)=O)CC1. The van der Waals surface area contributed by atoms with Crippen LogP contribution in [0.3, 0.4) is 0 Å². The normalized spacial score (nSPS) is 15.5. The van der Waals surface area contributed by atoms with Crippen LogP contribution in [0.25, 0.3) is 0 Å². The number of para-hydroxylation sites is 1. The van der Waals surface area contributed by atoms with Gasteiger partial charge in [0.25, 0.3) is 0 Å². The lowest BCUT2D eigenvalue weighted by molar-refractivity contribution is -0.129. The molecule has 0 atom stereocenters. The van der Waals surface area contributed by atoms with Crippen molar-refractivity contribution in [3.8, 4) is 0 Å². The molecule has 1 aromatic carbocycles. The highest BCUT2D eigenvalue weighted by Crippen LogP contribution is 2.26. The Morgan fingerprint density at radius 3 is 2.26 bits per heavy atom. The fourth-order valence-corrected chi connectivity index (χ4v) is 2.37. The summed E-state index contributed by atoms with van der Waals surface area (Å²) in [4.78, 5) is 26.4. The van der Waals surface area contributed by atoms with Crippen LogP contribution < -0.4 is 4.90 Å². The third-order valence-electron chi connectivity index (χ3n) is 3.41. The van der Waals surface area contributed by atoms with Gasteiger partial charge in [-0.1, -0.05) is 6.07 Å². The van der Waals surface area contributed by atoms with Gasteiger partial charge in [0.2, 0.25) is 5.91 Å². The maximum Gasteiger partial charge on any atom is 0.219 e. The van der Waals surface area contributed by atoms with Gasteiger partial charge in [0.1, 0.15) is 5.82 Å². The van der Waals surface area contributed by atoms with Crippen molar-refractivity contribution in [1.82, 2.24) is 4.90 Å². The average molecular weight is 264 g/mol. The van der Waals surface area contributed by atoms with Crippen LogP contribution in [0.2, 0.25) is 0 Å².